The number of hydrogen-bond donors (Lipinski definition) is 1. The van der Waals surface area contributed by atoms with Gasteiger partial charge in [0.05, 0.1) is 0 Å². The highest BCUT2D eigenvalue weighted by molar-refractivity contribution is 5.95. The van der Waals surface area contributed by atoms with Crippen LogP contribution in [0.5, 0.6) is 0 Å². The van der Waals surface area contributed by atoms with E-state index in [0.29, 0.717) is 17.8 Å². The van der Waals surface area contributed by atoms with E-state index < -0.39 is 0 Å². The summed E-state index contributed by atoms with van der Waals surface area (Å²) in [5.41, 5.74) is 2.36. The molecule has 5 heteroatoms. The topological polar surface area (TPSA) is 49.4 Å². The molecule has 26 heavy (non-hydrogen) atoms. The molecule has 1 N–H and O–H groups in total. The lowest BCUT2D eigenvalue weighted by Crippen LogP contribution is -2.34. The van der Waals surface area contributed by atoms with Crippen LogP contribution in [0.15, 0.2) is 48.5 Å². The lowest BCUT2D eigenvalue weighted by atomic mass is 9.94. The van der Waals surface area contributed by atoms with Gasteiger partial charge in [0.1, 0.15) is 5.82 Å². The van der Waals surface area contributed by atoms with Gasteiger partial charge in [-0.25, -0.2) is 4.39 Å². The summed E-state index contributed by atoms with van der Waals surface area (Å²) in [7, 11) is 0. The number of halogens is 1. The van der Waals surface area contributed by atoms with Gasteiger partial charge >= 0.3 is 0 Å². The van der Waals surface area contributed by atoms with Crippen LogP contribution in [0.4, 0.5) is 10.1 Å². The summed E-state index contributed by atoms with van der Waals surface area (Å²) in [6.45, 7) is 2.81. The summed E-state index contributed by atoms with van der Waals surface area (Å²) in [6.07, 6.45) is 3.01. The van der Waals surface area contributed by atoms with Gasteiger partial charge in [0, 0.05) is 37.2 Å². The predicted octanol–water partition coefficient (Wildman–Crippen LogP) is 4.19. The van der Waals surface area contributed by atoms with E-state index in [9.17, 15) is 14.0 Å². The third-order valence-corrected chi connectivity index (χ3v) is 4.75. The molecule has 0 aromatic heterocycles. The van der Waals surface area contributed by atoms with Gasteiger partial charge in [0.15, 0.2) is 0 Å². The second-order valence-corrected chi connectivity index (χ2v) is 6.75. The molecule has 4 nitrogen and oxygen atoms in total. The van der Waals surface area contributed by atoms with Gasteiger partial charge in [0.2, 0.25) is 5.91 Å². The van der Waals surface area contributed by atoms with Gasteiger partial charge in [-0.3, -0.25) is 9.59 Å². The molecule has 0 saturated carbocycles. The molecule has 2 aromatic carbocycles. The number of rotatable bonds is 3. The van der Waals surface area contributed by atoms with Gasteiger partial charge in [-0.1, -0.05) is 18.6 Å². The minimum absolute atomic E-state index is 0.00612. The first-order valence-corrected chi connectivity index (χ1v) is 8.95. The number of benzene rings is 2. The average molecular weight is 354 g/mol. The zero-order valence-electron chi connectivity index (χ0n) is 14.9. The highest BCUT2D eigenvalue weighted by Gasteiger charge is 2.24. The average Bonchev–Trinajstić information content (AvgIpc) is 2.88. The van der Waals surface area contributed by atoms with Gasteiger partial charge in [-0.2, -0.15) is 0 Å². The molecular formula is C21H23FN2O2. The number of nitrogens with zero attached hydrogens (tertiary/aromatic N) is 1. The summed E-state index contributed by atoms with van der Waals surface area (Å²) >= 11 is 0. The number of carbonyl (C=O) groups is 2. The third kappa shape index (κ3) is 4.48. The molecule has 1 fully saturated rings. The fourth-order valence-electron chi connectivity index (χ4n) is 3.42. The van der Waals surface area contributed by atoms with Crippen LogP contribution in [0.3, 0.4) is 0 Å². The zero-order valence-corrected chi connectivity index (χ0v) is 14.9. The van der Waals surface area contributed by atoms with Crippen molar-refractivity contribution in [3.05, 3.63) is 65.5 Å². The molecule has 1 heterocycles. The number of nitrogens with one attached hydrogen (secondary N) is 1. The van der Waals surface area contributed by atoms with E-state index in [1.807, 2.05) is 17.0 Å². The Morgan fingerprint density at radius 1 is 1.04 bits per heavy atom. The van der Waals surface area contributed by atoms with E-state index in [2.05, 4.69) is 5.32 Å². The largest absolute Gasteiger partial charge is 0.338 e. The summed E-state index contributed by atoms with van der Waals surface area (Å²) in [5.74, 6) is -0.164. The minimum atomic E-state index is -0.241. The van der Waals surface area contributed by atoms with Gasteiger partial charge in [-0.05, 0) is 54.8 Å². The van der Waals surface area contributed by atoms with Crippen LogP contribution in [0.25, 0.3) is 0 Å². The van der Waals surface area contributed by atoms with Crippen LogP contribution in [-0.2, 0) is 4.79 Å². The van der Waals surface area contributed by atoms with Crippen molar-refractivity contribution in [2.75, 3.05) is 18.4 Å². The molecular weight excluding hydrogens is 331 g/mol. The number of likely N-dealkylation sites (tertiary alicyclic amines) is 1. The summed E-state index contributed by atoms with van der Waals surface area (Å²) in [4.78, 5) is 25.9. The molecule has 0 radical (unpaired) electrons. The summed E-state index contributed by atoms with van der Waals surface area (Å²) in [6, 6.07) is 13.6. The SMILES string of the molecule is CC(=O)Nc1ccc(C(=O)N2CCCC[C@H](c3ccc(F)cc3)C2)cc1. The molecule has 136 valence electrons. The maximum Gasteiger partial charge on any atom is 0.253 e. The van der Waals surface area contributed by atoms with Crippen LogP contribution in [0, 0.1) is 5.82 Å². The van der Waals surface area contributed by atoms with E-state index in [0.717, 1.165) is 31.4 Å². The zero-order chi connectivity index (χ0) is 18.5. The summed E-state index contributed by atoms with van der Waals surface area (Å²) in [5, 5.41) is 2.70. The van der Waals surface area contributed by atoms with Crippen molar-refractivity contribution >= 4 is 17.5 Å². The Balaban J connectivity index is 1.73. The predicted molar refractivity (Wildman–Crippen MR) is 99.6 cm³/mol. The Morgan fingerprint density at radius 3 is 2.38 bits per heavy atom. The van der Waals surface area contributed by atoms with Gasteiger partial charge in [-0.15, -0.1) is 0 Å². The van der Waals surface area contributed by atoms with Gasteiger partial charge in [0.25, 0.3) is 5.91 Å². The highest BCUT2D eigenvalue weighted by Crippen LogP contribution is 2.27. The third-order valence-electron chi connectivity index (χ3n) is 4.75. The number of hydrogen-bond acceptors (Lipinski definition) is 2. The normalized spacial score (nSPS) is 17.5. The lowest BCUT2D eigenvalue weighted by Gasteiger charge is -2.25. The number of amides is 2. The standard InChI is InChI=1S/C21H23FN2O2/c1-15(25)23-20-11-7-17(8-12-20)21(26)24-13-3-2-4-18(14-24)16-5-9-19(22)10-6-16/h5-12,18H,2-4,13-14H2,1H3,(H,23,25)/t18-/m0/s1. The van der Waals surface area contributed by atoms with Crippen molar-refractivity contribution in [1.82, 2.24) is 4.90 Å². The van der Waals surface area contributed by atoms with Crippen molar-refractivity contribution in [1.29, 1.82) is 0 Å². The van der Waals surface area contributed by atoms with Crippen LogP contribution < -0.4 is 5.32 Å². The molecule has 2 aromatic rings. The molecule has 1 aliphatic heterocycles. The van der Waals surface area contributed by atoms with Crippen molar-refractivity contribution < 1.29 is 14.0 Å². The monoisotopic (exact) mass is 354 g/mol. The first kappa shape index (κ1) is 18.1. The van der Waals surface area contributed by atoms with Crippen molar-refractivity contribution in [2.45, 2.75) is 32.1 Å². The molecule has 1 aliphatic rings. The van der Waals surface area contributed by atoms with Crippen molar-refractivity contribution in [3.63, 3.8) is 0 Å². The molecule has 3 rings (SSSR count). The Labute approximate surface area is 153 Å². The van der Waals surface area contributed by atoms with E-state index in [1.54, 1.807) is 24.3 Å². The maximum absolute atomic E-state index is 13.2. The van der Waals surface area contributed by atoms with Crippen LogP contribution >= 0.6 is 0 Å². The lowest BCUT2D eigenvalue weighted by molar-refractivity contribution is -0.114. The fourth-order valence-corrected chi connectivity index (χ4v) is 3.42. The van der Waals surface area contributed by atoms with Crippen molar-refractivity contribution in [3.8, 4) is 0 Å². The first-order valence-electron chi connectivity index (χ1n) is 8.95. The van der Waals surface area contributed by atoms with Crippen LogP contribution in [-0.4, -0.2) is 29.8 Å². The Kier molecular flexibility index (Phi) is 5.66. The number of anilines is 1. The molecule has 2 amide bonds. The smallest absolute Gasteiger partial charge is 0.253 e. The van der Waals surface area contributed by atoms with Gasteiger partial charge < -0.3 is 10.2 Å². The quantitative estimate of drug-likeness (QED) is 0.898. The molecule has 0 bridgehead atoms. The Bertz CT molecular complexity index is 772. The molecule has 0 unspecified atom stereocenters. The second kappa shape index (κ2) is 8.13. The Morgan fingerprint density at radius 2 is 1.73 bits per heavy atom. The highest BCUT2D eigenvalue weighted by atomic mass is 19.1. The van der Waals surface area contributed by atoms with E-state index in [4.69, 9.17) is 0 Å². The number of carbonyl (C=O) groups excluding carboxylic acids is 2. The van der Waals surface area contributed by atoms with Crippen molar-refractivity contribution in [2.24, 2.45) is 0 Å². The first-order chi connectivity index (χ1) is 12.5. The summed E-state index contributed by atoms with van der Waals surface area (Å²) < 4.78 is 13.2. The molecule has 1 atom stereocenters. The fraction of sp³-hybridized carbons (Fsp3) is 0.333. The molecule has 0 aliphatic carbocycles. The minimum Gasteiger partial charge on any atom is -0.338 e. The van der Waals surface area contributed by atoms with Crippen LogP contribution in [0.1, 0.15) is 48.0 Å². The van der Waals surface area contributed by atoms with E-state index in [-0.39, 0.29) is 23.5 Å². The van der Waals surface area contributed by atoms with E-state index >= 15 is 0 Å². The molecule has 0 spiro atoms. The second-order valence-electron chi connectivity index (χ2n) is 6.75. The van der Waals surface area contributed by atoms with E-state index in [1.165, 1.54) is 19.1 Å². The maximum atomic E-state index is 13.2. The molecule has 1 saturated heterocycles. The Hall–Kier alpha value is -2.69. The van der Waals surface area contributed by atoms with Crippen LogP contribution in [0.2, 0.25) is 0 Å².